The van der Waals surface area contributed by atoms with Crippen molar-refractivity contribution >= 4 is 23.4 Å². The van der Waals surface area contributed by atoms with Gasteiger partial charge in [0.15, 0.2) is 0 Å². The number of carbonyl (C=O) groups is 1. The van der Waals surface area contributed by atoms with Gasteiger partial charge in [-0.05, 0) is 24.6 Å². The van der Waals surface area contributed by atoms with E-state index in [2.05, 4.69) is 4.98 Å². The third-order valence-corrected chi connectivity index (χ3v) is 3.60. The van der Waals surface area contributed by atoms with Crippen LogP contribution in [0.3, 0.4) is 0 Å². The molecule has 0 unspecified atom stereocenters. The molecule has 24 heavy (non-hydrogen) atoms. The van der Waals surface area contributed by atoms with E-state index in [1.54, 1.807) is 22.7 Å². The fourth-order valence-electron chi connectivity index (χ4n) is 2.51. The number of imidazole rings is 1. The molecule has 0 atom stereocenters. The van der Waals surface area contributed by atoms with Crippen LogP contribution < -0.4 is 0 Å². The summed E-state index contributed by atoms with van der Waals surface area (Å²) in [6, 6.07) is 9.84. The highest BCUT2D eigenvalue weighted by Crippen LogP contribution is 2.29. The Morgan fingerprint density at radius 2 is 2.12 bits per heavy atom. The van der Waals surface area contributed by atoms with Crippen molar-refractivity contribution in [2.75, 3.05) is 0 Å². The van der Waals surface area contributed by atoms with E-state index in [1.807, 2.05) is 19.1 Å². The monoisotopic (exact) mass is 323 g/mol. The average molecular weight is 323 g/mol. The number of aryl methyl sites for hydroxylation is 1. The predicted octanol–water partition coefficient (Wildman–Crippen LogP) is 3.32. The van der Waals surface area contributed by atoms with Crippen LogP contribution in [0.5, 0.6) is 0 Å². The van der Waals surface area contributed by atoms with E-state index < -0.39 is 10.9 Å². The van der Waals surface area contributed by atoms with Crippen LogP contribution in [0.2, 0.25) is 0 Å². The maximum atomic E-state index is 11.0. The molecule has 2 heterocycles. The van der Waals surface area contributed by atoms with Crippen molar-refractivity contribution in [2.24, 2.45) is 0 Å². The van der Waals surface area contributed by atoms with Crippen molar-refractivity contribution in [2.45, 2.75) is 6.92 Å². The van der Waals surface area contributed by atoms with E-state index in [9.17, 15) is 14.9 Å². The second-order valence-corrected chi connectivity index (χ2v) is 5.21. The zero-order valence-electron chi connectivity index (χ0n) is 12.7. The normalized spacial score (nSPS) is 11.2. The molecule has 0 fully saturated rings. The number of hydrogen-bond donors (Lipinski definition) is 1. The molecule has 2 aromatic heterocycles. The standard InChI is InChI=1S/C17H13N3O4/c1-11-4-3-9-19-14(7-8-15(21)22)16(18-17(11)19)12-5-2-6-13(10-12)20(23)24/h2-10H,1H3,(H,21,22). The number of pyridine rings is 1. The lowest BCUT2D eigenvalue weighted by Gasteiger charge is -2.01. The molecule has 1 N–H and O–H groups in total. The van der Waals surface area contributed by atoms with E-state index in [1.165, 1.54) is 18.2 Å². The highest BCUT2D eigenvalue weighted by Gasteiger charge is 2.16. The summed E-state index contributed by atoms with van der Waals surface area (Å²) in [4.78, 5) is 26.0. The number of rotatable bonds is 4. The number of nitrogens with zero attached hydrogens (tertiary/aromatic N) is 3. The van der Waals surface area contributed by atoms with Crippen LogP contribution in [-0.4, -0.2) is 25.4 Å². The molecule has 0 aliphatic carbocycles. The van der Waals surface area contributed by atoms with Crippen molar-refractivity contribution in [3.05, 3.63) is 70.0 Å². The largest absolute Gasteiger partial charge is 0.478 e. The van der Waals surface area contributed by atoms with Crippen molar-refractivity contribution < 1.29 is 14.8 Å². The minimum atomic E-state index is -1.08. The molecule has 7 nitrogen and oxygen atoms in total. The Balaban J connectivity index is 2.28. The maximum Gasteiger partial charge on any atom is 0.328 e. The minimum absolute atomic E-state index is 0.0468. The molecule has 7 heteroatoms. The topological polar surface area (TPSA) is 97.7 Å². The third kappa shape index (κ3) is 2.74. The molecule has 0 bridgehead atoms. The summed E-state index contributed by atoms with van der Waals surface area (Å²) in [5, 5.41) is 19.9. The first-order valence-electron chi connectivity index (χ1n) is 7.11. The smallest absolute Gasteiger partial charge is 0.328 e. The zero-order valence-corrected chi connectivity index (χ0v) is 12.7. The lowest BCUT2D eigenvalue weighted by molar-refractivity contribution is -0.384. The average Bonchev–Trinajstić information content (AvgIpc) is 2.93. The van der Waals surface area contributed by atoms with Crippen molar-refractivity contribution in [3.63, 3.8) is 0 Å². The Bertz CT molecular complexity index is 989. The summed E-state index contributed by atoms with van der Waals surface area (Å²) >= 11 is 0. The van der Waals surface area contributed by atoms with Gasteiger partial charge in [0.05, 0.1) is 16.3 Å². The lowest BCUT2D eigenvalue weighted by Crippen LogP contribution is -1.92. The summed E-state index contributed by atoms with van der Waals surface area (Å²) in [5.74, 6) is -1.08. The Kier molecular flexibility index (Phi) is 3.83. The number of carboxylic acid groups (broad SMARTS) is 1. The van der Waals surface area contributed by atoms with Crippen LogP contribution in [0.1, 0.15) is 11.3 Å². The second-order valence-electron chi connectivity index (χ2n) is 5.21. The van der Waals surface area contributed by atoms with Crippen molar-refractivity contribution in [3.8, 4) is 11.3 Å². The van der Waals surface area contributed by atoms with Gasteiger partial charge in [0.1, 0.15) is 5.65 Å². The Labute approximate surface area is 136 Å². The molecular formula is C17H13N3O4. The van der Waals surface area contributed by atoms with Gasteiger partial charge in [0.2, 0.25) is 0 Å². The summed E-state index contributed by atoms with van der Waals surface area (Å²) in [5.41, 5.74) is 3.14. The Morgan fingerprint density at radius 3 is 2.83 bits per heavy atom. The number of carboxylic acids is 1. The van der Waals surface area contributed by atoms with Crippen LogP contribution in [0.25, 0.3) is 23.0 Å². The molecule has 1 aromatic carbocycles. The Hall–Kier alpha value is -3.48. The number of benzene rings is 1. The van der Waals surface area contributed by atoms with Gasteiger partial charge < -0.3 is 5.11 Å². The number of non-ortho nitro benzene ring substituents is 1. The molecule has 120 valence electrons. The van der Waals surface area contributed by atoms with Gasteiger partial charge in [0.25, 0.3) is 5.69 Å². The first kappa shape index (κ1) is 15.4. The summed E-state index contributed by atoms with van der Waals surface area (Å²) in [7, 11) is 0. The SMILES string of the molecule is Cc1cccn2c(C=CC(=O)O)c(-c3cccc([N+](=O)[O-])c3)nc12. The summed E-state index contributed by atoms with van der Waals surface area (Å²) in [6.45, 7) is 1.89. The minimum Gasteiger partial charge on any atom is -0.478 e. The highest BCUT2D eigenvalue weighted by atomic mass is 16.6. The molecule has 0 aliphatic heterocycles. The molecule has 3 aromatic rings. The van der Waals surface area contributed by atoms with Gasteiger partial charge in [0, 0.05) is 30.0 Å². The molecule has 0 amide bonds. The van der Waals surface area contributed by atoms with Crippen molar-refractivity contribution in [1.82, 2.24) is 9.38 Å². The number of nitro benzene ring substituents is 1. The molecule has 0 saturated carbocycles. The van der Waals surface area contributed by atoms with Crippen LogP contribution in [-0.2, 0) is 4.79 Å². The number of hydrogen-bond acceptors (Lipinski definition) is 4. The number of nitro groups is 1. The van der Waals surface area contributed by atoms with Gasteiger partial charge >= 0.3 is 5.97 Å². The van der Waals surface area contributed by atoms with E-state index in [4.69, 9.17) is 5.11 Å². The van der Waals surface area contributed by atoms with Crippen LogP contribution in [0, 0.1) is 17.0 Å². The van der Waals surface area contributed by atoms with Crippen LogP contribution >= 0.6 is 0 Å². The first-order chi connectivity index (χ1) is 11.5. The van der Waals surface area contributed by atoms with E-state index in [0.29, 0.717) is 22.6 Å². The summed E-state index contributed by atoms with van der Waals surface area (Å²) < 4.78 is 1.77. The predicted molar refractivity (Wildman–Crippen MR) is 88.7 cm³/mol. The van der Waals surface area contributed by atoms with Crippen LogP contribution in [0.15, 0.2) is 48.7 Å². The van der Waals surface area contributed by atoms with Gasteiger partial charge in [-0.25, -0.2) is 9.78 Å². The fraction of sp³-hybridized carbons (Fsp3) is 0.0588. The first-order valence-corrected chi connectivity index (χ1v) is 7.11. The molecule has 0 saturated heterocycles. The van der Waals surface area contributed by atoms with Gasteiger partial charge in [-0.3, -0.25) is 14.5 Å². The molecule has 0 aliphatic rings. The highest BCUT2D eigenvalue weighted by molar-refractivity contribution is 5.87. The Morgan fingerprint density at radius 1 is 1.33 bits per heavy atom. The second kappa shape index (κ2) is 5.96. The van der Waals surface area contributed by atoms with Crippen LogP contribution in [0.4, 0.5) is 5.69 Å². The van der Waals surface area contributed by atoms with Gasteiger partial charge in [-0.1, -0.05) is 18.2 Å². The zero-order chi connectivity index (χ0) is 17.3. The van der Waals surface area contributed by atoms with E-state index in [0.717, 1.165) is 11.6 Å². The van der Waals surface area contributed by atoms with E-state index >= 15 is 0 Å². The van der Waals surface area contributed by atoms with E-state index in [-0.39, 0.29) is 5.69 Å². The van der Waals surface area contributed by atoms with Gasteiger partial charge in [-0.15, -0.1) is 0 Å². The molecule has 0 spiro atoms. The van der Waals surface area contributed by atoms with Crippen molar-refractivity contribution in [1.29, 1.82) is 0 Å². The molecule has 0 radical (unpaired) electrons. The maximum absolute atomic E-state index is 11.0. The molecule has 3 rings (SSSR count). The summed E-state index contributed by atoms with van der Waals surface area (Å²) in [6.07, 6.45) is 4.24. The molecular weight excluding hydrogens is 310 g/mol. The number of fused-ring (bicyclic) bond motifs is 1. The number of aliphatic carboxylic acids is 1. The third-order valence-electron chi connectivity index (χ3n) is 3.60. The number of aromatic nitrogens is 2. The fourth-order valence-corrected chi connectivity index (χ4v) is 2.51. The lowest BCUT2D eigenvalue weighted by atomic mass is 10.1. The van der Waals surface area contributed by atoms with Gasteiger partial charge in [-0.2, -0.15) is 0 Å². The quantitative estimate of drug-likeness (QED) is 0.451.